The van der Waals surface area contributed by atoms with Crippen molar-refractivity contribution in [1.29, 1.82) is 0 Å². The van der Waals surface area contributed by atoms with Gasteiger partial charge in [0, 0.05) is 0 Å². The van der Waals surface area contributed by atoms with Crippen molar-refractivity contribution in [1.82, 2.24) is 0 Å². The van der Waals surface area contributed by atoms with Crippen LogP contribution in [-0.2, 0) is 0 Å². The summed E-state index contributed by atoms with van der Waals surface area (Å²) in [5.41, 5.74) is 3.64. The maximum Gasteiger partial charge on any atom is 0.147 e. The zero-order chi connectivity index (χ0) is 14.3. The van der Waals surface area contributed by atoms with E-state index in [2.05, 4.69) is 103 Å². The molecule has 3 aromatic carbocycles. The van der Waals surface area contributed by atoms with Gasteiger partial charge in [-0.15, -0.1) is 0 Å². The van der Waals surface area contributed by atoms with Crippen molar-refractivity contribution in [3.63, 3.8) is 0 Å². The van der Waals surface area contributed by atoms with Crippen LogP contribution in [0.3, 0.4) is 0 Å². The molecule has 0 saturated carbocycles. The highest BCUT2D eigenvalue weighted by Gasteiger charge is 2.12. The van der Waals surface area contributed by atoms with Gasteiger partial charge in [0.05, 0.1) is 0 Å². The van der Waals surface area contributed by atoms with Gasteiger partial charge in [-0.05, 0) is 5.56 Å². The second-order valence-electron chi connectivity index (χ2n) is 4.89. The molecule has 0 nitrogen and oxygen atoms in total. The van der Waals surface area contributed by atoms with Crippen LogP contribution < -0.4 is 10.4 Å². The molecule has 1 heteroatoms. The minimum atomic E-state index is -0.878. The Kier molecular flexibility index (Phi) is 4.44. The average molecular weight is 285 g/mol. The quantitative estimate of drug-likeness (QED) is 0.643. The average Bonchev–Trinajstić information content (AvgIpc) is 2.58. The zero-order valence-corrected chi connectivity index (χ0v) is 12.8. The van der Waals surface area contributed by atoms with Crippen molar-refractivity contribution in [3.8, 4) is 0 Å². The Morgan fingerprint density at radius 2 is 0.952 bits per heavy atom. The molecule has 3 aromatic rings. The number of benzene rings is 3. The maximum atomic E-state index is 2.38. The fraction of sp³-hybridized carbons (Fsp3) is 0. The van der Waals surface area contributed by atoms with Crippen LogP contribution in [0.25, 0.3) is 6.08 Å². The second kappa shape index (κ2) is 6.87. The van der Waals surface area contributed by atoms with Crippen LogP contribution in [0.15, 0.2) is 96.7 Å². The van der Waals surface area contributed by atoms with Crippen molar-refractivity contribution in [2.24, 2.45) is 0 Å². The molecule has 0 N–H and O–H groups in total. The van der Waals surface area contributed by atoms with Crippen molar-refractivity contribution >= 4 is 25.2 Å². The molecule has 0 aliphatic rings. The summed E-state index contributed by atoms with van der Waals surface area (Å²) in [7, 11) is -0.878. The number of hydrogen-bond donors (Lipinski definition) is 0. The van der Waals surface area contributed by atoms with Crippen LogP contribution in [0, 0.1) is 0 Å². The van der Waals surface area contributed by atoms with Gasteiger partial charge in [-0.2, -0.15) is 0 Å². The number of hydrogen-bond acceptors (Lipinski definition) is 0. The van der Waals surface area contributed by atoms with E-state index in [0.717, 1.165) is 0 Å². The van der Waals surface area contributed by atoms with Gasteiger partial charge in [-0.1, -0.05) is 113 Å². The van der Waals surface area contributed by atoms with E-state index in [4.69, 9.17) is 0 Å². The van der Waals surface area contributed by atoms with E-state index in [1.807, 2.05) is 0 Å². The van der Waals surface area contributed by atoms with E-state index < -0.39 is 8.80 Å². The summed E-state index contributed by atoms with van der Waals surface area (Å²) in [5, 5.41) is 2.83. The summed E-state index contributed by atoms with van der Waals surface area (Å²) in [6, 6.07) is 32.1. The van der Waals surface area contributed by atoms with Gasteiger partial charge in [0.25, 0.3) is 0 Å². The van der Waals surface area contributed by atoms with Gasteiger partial charge < -0.3 is 0 Å². The third kappa shape index (κ3) is 3.59. The van der Waals surface area contributed by atoms with Gasteiger partial charge >= 0.3 is 0 Å². The zero-order valence-electron chi connectivity index (χ0n) is 11.8. The SMILES string of the molecule is C(=C/[Si](c1ccccc1)c1ccccc1)/c1ccccc1. The minimum absolute atomic E-state index is 0.878. The van der Waals surface area contributed by atoms with Crippen LogP contribution in [0.5, 0.6) is 0 Å². The van der Waals surface area contributed by atoms with E-state index in [1.54, 1.807) is 0 Å². The van der Waals surface area contributed by atoms with Gasteiger partial charge in [-0.25, -0.2) is 0 Å². The Labute approximate surface area is 128 Å². The van der Waals surface area contributed by atoms with Gasteiger partial charge in [0.1, 0.15) is 8.80 Å². The standard InChI is InChI=1S/C20H17Si/c1-4-10-18(11-5-1)16-17-21(19-12-6-2-7-13-19)20-14-8-3-9-15-20/h1-17H/b17-16-. The predicted molar refractivity (Wildman–Crippen MR) is 93.4 cm³/mol. The molecule has 0 aliphatic heterocycles. The fourth-order valence-corrected chi connectivity index (χ4v) is 4.52. The molecule has 0 spiro atoms. The van der Waals surface area contributed by atoms with Crippen LogP contribution in [0.2, 0.25) is 0 Å². The van der Waals surface area contributed by atoms with Crippen LogP contribution in [-0.4, -0.2) is 8.80 Å². The highest BCUT2D eigenvalue weighted by atomic mass is 28.3. The van der Waals surface area contributed by atoms with E-state index in [-0.39, 0.29) is 0 Å². The summed E-state index contributed by atoms with van der Waals surface area (Å²) in [6.45, 7) is 0. The Balaban J connectivity index is 1.96. The first-order valence-electron chi connectivity index (χ1n) is 7.14. The summed E-state index contributed by atoms with van der Waals surface area (Å²) in [6.07, 6.45) is 2.24. The molecule has 0 unspecified atom stereocenters. The lowest BCUT2D eigenvalue weighted by atomic mass is 10.2. The summed E-state index contributed by atoms with van der Waals surface area (Å²) < 4.78 is 0. The molecule has 1 radical (unpaired) electrons. The Morgan fingerprint density at radius 3 is 1.43 bits per heavy atom. The van der Waals surface area contributed by atoms with Gasteiger partial charge in [-0.3, -0.25) is 0 Å². The molecular weight excluding hydrogens is 268 g/mol. The molecule has 0 heterocycles. The maximum absolute atomic E-state index is 2.38. The third-order valence-electron chi connectivity index (χ3n) is 3.41. The lowest BCUT2D eigenvalue weighted by Crippen LogP contribution is -2.40. The molecule has 0 bridgehead atoms. The molecule has 0 atom stereocenters. The molecule has 3 rings (SSSR count). The normalized spacial score (nSPS) is 11.1. The first-order chi connectivity index (χ1) is 10.4. The van der Waals surface area contributed by atoms with E-state index >= 15 is 0 Å². The summed E-state index contributed by atoms with van der Waals surface area (Å²) in [5.74, 6) is 0. The first-order valence-corrected chi connectivity index (χ1v) is 8.72. The van der Waals surface area contributed by atoms with Crippen LogP contribution >= 0.6 is 0 Å². The highest BCUT2D eigenvalue weighted by molar-refractivity contribution is 6.89. The largest absolute Gasteiger partial charge is 0.147 e. The lowest BCUT2D eigenvalue weighted by Gasteiger charge is -2.11. The first kappa shape index (κ1) is 13.6. The van der Waals surface area contributed by atoms with Gasteiger partial charge in [0.15, 0.2) is 0 Å². The van der Waals surface area contributed by atoms with Crippen LogP contribution in [0.1, 0.15) is 5.56 Å². The van der Waals surface area contributed by atoms with Gasteiger partial charge in [0.2, 0.25) is 0 Å². The van der Waals surface area contributed by atoms with Crippen LogP contribution in [0.4, 0.5) is 0 Å². The van der Waals surface area contributed by atoms with Crippen molar-refractivity contribution in [3.05, 3.63) is 102 Å². The predicted octanol–water partition coefficient (Wildman–Crippen LogP) is 3.55. The van der Waals surface area contributed by atoms with E-state index in [0.29, 0.717) is 0 Å². The topological polar surface area (TPSA) is 0 Å². The lowest BCUT2D eigenvalue weighted by molar-refractivity contribution is 1.66. The monoisotopic (exact) mass is 285 g/mol. The molecular formula is C20H17Si. The summed E-state index contributed by atoms with van der Waals surface area (Å²) in [4.78, 5) is 0. The van der Waals surface area contributed by atoms with Crippen molar-refractivity contribution in [2.45, 2.75) is 0 Å². The molecule has 0 aromatic heterocycles. The molecule has 0 amide bonds. The van der Waals surface area contributed by atoms with Crippen molar-refractivity contribution < 1.29 is 0 Å². The molecule has 0 aliphatic carbocycles. The second-order valence-corrected chi connectivity index (χ2v) is 7.21. The Hall–Kier alpha value is -2.38. The van der Waals surface area contributed by atoms with E-state index in [9.17, 15) is 0 Å². The third-order valence-corrected chi connectivity index (χ3v) is 5.82. The van der Waals surface area contributed by atoms with E-state index in [1.165, 1.54) is 15.9 Å². The number of rotatable bonds is 4. The summed E-state index contributed by atoms with van der Waals surface area (Å²) >= 11 is 0. The molecule has 21 heavy (non-hydrogen) atoms. The smallest absolute Gasteiger partial charge is 0.0867 e. The Morgan fingerprint density at radius 1 is 0.524 bits per heavy atom. The molecule has 0 fully saturated rings. The molecule has 101 valence electrons. The Bertz CT molecular complexity index is 648. The minimum Gasteiger partial charge on any atom is -0.0867 e. The highest BCUT2D eigenvalue weighted by Crippen LogP contribution is 2.03. The van der Waals surface area contributed by atoms with Crippen molar-refractivity contribution in [2.75, 3.05) is 0 Å². The fourth-order valence-electron chi connectivity index (χ4n) is 2.34. The molecule has 0 saturated heterocycles.